The van der Waals surface area contributed by atoms with Gasteiger partial charge in [0.25, 0.3) is 5.56 Å². The summed E-state index contributed by atoms with van der Waals surface area (Å²) >= 11 is 0. The zero-order chi connectivity index (χ0) is 18.3. The smallest absolute Gasteiger partial charge is 0.277 e. The molecule has 6 nitrogen and oxygen atoms in total. The first-order chi connectivity index (χ1) is 12.6. The molecule has 0 amide bonds. The lowest BCUT2D eigenvalue weighted by atomic mass is 10.2. The average molecular weight is 353 g/mol. The van der Waals surface area contributed by atoms with Crippen molar-refractivity contribution in [1.29, 1.82) is 0 Å². The molecule has 26 heavy (non-hydrogen) atoms. The van der Waals surface area contributed by atoms with Crippen LogP contribution in [0.3, 0.4) is 0 Å². The van der Waals surface area contributed by atoms with Crippen LogP contribution < -0.4 is 15.0 Å². The van der Waals surface area contributed by atoms with Crippen LogP contribution in [0.15, 0.2) is 47.5 Å². The number of halogens is 1. The molecule has 4 aromatic rings. The molecule has 0 atom stereocenters. The molecule has 132 valence electrons. The van der Waals surface area contributed by atoms with Crippen LogP contribution in [0.5, 0.6) is 11.5 Å². The van der Waals surface area contributed by atoms with Crippen LogP contribution in [-0.4, -0.2) is 28.8 Å². The molecule has 2 heterocycles. The van der Waals surface area contributed by atoms with Crippen LogP contribution in [0, 0.1) is 5.82 Å². The molecule has 7 heteroatoms. The van der Waals surface area contributed by atoms with Gasteiger partial charge in [-0.15, -0.1) is 0 Å². The quantitative estimate of drug-likeness (QED) is 0.612. The van der Waals surface area contributed by atoms with E-state index in [0.717, 1.165) is 5.56 Å². The van der Waals surface area contributed by atoms with E-state index in [2.05, 4.69) is 9.97 Å². The first kappa shape index (κ1) is 16.1. The average Bonchev–Trinajstić information content (AvgIpc) is 3.02. The number of hydrogen-bond acceptors (Lipinski definition) is 4. The number of ether oxygens (including phenoxy) is 2. The molecule has 0 saturated carbocycles. The minimum Gasteiger partial charge on any atom is -0.493 e. The molecule has 1 N–H and O–H groups in total. The summed E-state index contributed by atoms with van der Waals surface area (Å²) in [5.41, 5.74) is 2.02. The van der Waals surface area contributed by atoms with Gasteiger partial charge in [-0.3, -0.25) is 9.36 Å². The largest absolute Gasteiger partial charge is 0.493 e. The number of hydrogen-bond donors (Lipinski definition) is 1. The Labute approximate surface area is 147 Å². The zero-order valence-electron chi connectivity index (χ0n) is 14.2. The SMILES string of the molecule is COc1cccc(Cn2cnc3c([nH]c4ccc(F)cc43)c2=O)c1OC. The Hall–Kier alpha value is -3.35. The van der Waals surface area contributed by atoms with Crippen LogP contribution in [0.25, 0.3) is 21.9 Å². The van der Waals surface area contributed by atoms with Gasteiger partial charge in [0.15, 0.2) is 11.5 Å². The zero-order valence-corrected chi connectivity index (χ0v) is 14.2. The van der Waals surface area contributed by atoms with E-state index >= 15 is 0 Å². The lowest BCUT2D eigenvalue weighted by Crippen LogP contribution is -2.21. The Bertz CT molecular complexity index is 1180. The van der Waals surface area contributed by atoms with E-state index in [1.807, 2.05) is 12.1 Å². The Morgan fingerprint density at radius 1 is 1.19 bits per heavy atom. The number of fused-ring (bicyclic) bond motifs is 3. The topological polar surface area (TPSA) is 69.1 Å². The maximum atomic E-state index is 13.5. The van der Waals surface area contributed by atoms with Crippen LogP contribution in [-0.2, 0) is 6.54 Å². The van der Waals surface area contributed by atoms with Gasteiger partial charge in [-0.2, -0.15) is 0 Å². The van der Waals surface area contributed by atoms with Gasteiger partial charge in [-0.05, 0) is 24.3 Å². The van der Waals surface area contributed by atoms with E-state index < -0.39 is 0 Å². The molecule has 0 bridgehead atoms. The second kappa shape index (κ2) is 6.18. The lowest BCUT2D eigenvalue weighted by molar-refractivity contribution is 0.351. The molecular formula is C19H16FN3O3. The highest BCUT2D eigenvalue weighted by atomic mass is 19.1. The van der Waals surface area contributed by atoms with Gasteiger partial charge in [0.05, 0.1) is 27.1 Å². The third kappa shape index (κ3) is 2.48. The van der Waals surface area contributed by atoms with Crippen molar-refractivity contribution < 1.29 is 13.9 Å². The third-order valence-corrected chi connectivity index (χ3v) is 4.36. The van der Waals surface area contributed by atoms with E-state index in [4.69, 9.17) is 9.47 Å². The number of H-pyrrole nitrogens is 1. The fourth-order valence-electron chi connectivity index (χ4n) is 3.14. The van der Waals surface area contributed by atoms with Crippen LogP contribution >= 0.6 is 0 Å². The second-order valence-corrected chi connectivity index (χ2v) is 5.87. The lowest BCUT2D eigenvalue weighted by Gasteiger charge is -2.13. The number of aromatic nitrogens is 3. The normalized spacial score (nSPS) is 11.2. The molecule has 0 unspecified atom stereocenters. The molecular weight excluding hydrogens is 337 g/mol. The summed E-state index contributed by atoms with van der Waals surface area (Å²) in [6, 6.07) is 9.80. The summed E-state index contributed by atoms with van der Waals surface area (Å²) in [6.07, 6.45) is 1.46. The van der Waals surface area contributed by atoms with Crippen molar-refractivity contribution in [2.45, 2.75) is 6.54 Å². The Kier molecular flexibility index (Phi) is 3.84. The van der Waals surface area contributed by atoms with Crippen molar-refractivity contribution in [2.75, 3.05) is 14.2 Å². The van der Waals surface area contributed by atoms with Gasteiger partial charge in [0.1, 0.15) is 16.9 Å². The second-order valence-electron chi connectivity index (χ2n) is 5.87. The highest BCUT2D eigenvalue weighted by Crippen LogP contribution is 2.31. The van der Waals surface area contributed by atoms with E-state index in [1.165, 1.54) is 23.0 Å². The number of nitrogens with zero attached hydrogens (tertiary/aromatic N) is 2. The van der Waals surface area contributed by atoms with Crippen molar-refractivity contribution in [3.63, 3.8) is 0 Å². The van der Waals surface area contributed by atoms with Gasteiger partial charge in [-0.1, -0.05) is 12.1 Å². The van der Waals surface area contributed by atoms with Crippen molar-refractivity contribution >= 4 is 21.9 Å². The van der Waals surface area contributed by atoms with E-state index in [0.29, 0.717) is 33.4 Å². The van der Waals surface area contributed by atoms with Gasteiger partial charge in [0, 0.05) is 16.5 Å². The molecule has 0 aliphatic rings. The van der Waals surface area contributed by atoms with Crippen LogP contribution in [0.2, 0.25) is 0 Å². The maximum Gasteiger partial charge on any atom is 0.277 e. The van der Waals surface area contributed by atoms with Gasteiger partial charge >= 0.3 is 0 Å². The molecule has 0 radical (unpaired) electrons. The molecule has 0 aliphatic heterocycles. The highest BCUT2D eigenvalue weighted by Gasteiger charge is 2.14. The summed E-state index contributed by atoms with van der Waals surface area (Å²) in [5, 5.41) is 0.586. The minimum atomic E-state index is -0.370. The fraction of sp³-hybridized carbons (Fsp3) is 0.158. The number of rotatable bonds is 4. The van der Waals surface area contributed by atoms with Crippen molar-refractivity contribution in [3.8, 4) is 11.5 Å². The Balaban J connectivity index is 1.85. The van der Waals surface area contributed by atoms with Gasteiger partial charge < -0.3 is 14.5 Å². The standard InChI is InChI=1S/C19H16FN3O3/c1-25-15-5-3-4-11(18(15)26-2)9-23-10-21-16-13-8-12(20)6-7-14(13)22-17(16)19(23)24/h3-8,10,22H,9H2,1-2H3. The molecule has 4 rings (SSSR count). The van der Waals surface area contributed by atoms with E-state index in [-0.39, 0.29) is 17.9 Å². The predicted molar refractivity (Wildman–Crippen MR) is 96.5 cm³/mol. The molecule has 0 spiro atoms. The molecule has 2 aromatic carbocycles. The van der Waals surface area contributed by atoms with E-state index in [9.17, 15) is 9.18 Å². The number of aromatic amines is 1. The van der Waals surface area contributed by atoms with Crippen molar-refractivity contribution in [1.82, 2.24) is 14.5 Å². The first-order valence-corrected chi connectivity index (χ1v) is 7.98. The molecule has 0 aliphatic carbocycles. The predicted octanol–water partition coefficient (Wildman–Crippen LogP) is 3.08. The third-order valence-electron chi connectivity index (χ3n) is 4.36. The molecule has 2 aromatic heterocycles. The van der Waals surface area contributed by atoms with Gasteiger partial charge in [-0.25, -0.2) is 9.37 Å². The van der Waals surface area contributed by atoms with Crippen molar-refractivity contribution in [3.05, 3.63) is 64.5 Å². The van der Waals surface area contributed by atoms with Crippen LogP contribution in [0.1, 0.15) is 5.56 Å². The summed E-state index contributed by atoms with van der Waals surface area (Å²) in [4.78, 5) is 20.3. The fourth-order valence-corrected chi connectivity index (χ4v) is 3.14. The summed E-state index contributed by atoms with van der Waals surface area (Å²) in [5.74, 6) is 0.791. The van der Waals surface area contributed by atoms with E-state index in [1.54, 1.807) is 26.4 Å². The number of para-hydroxylation sites is 1. The monoisotopic (exact) mass is 353 g/mol. The summed E-state index contributed by atoms with van der Waals surface area (Å²) < 4.78 is 25.7. The molecule has 0 saturated heterocycles. The van der Waals surface area contributed by atoms with Crippen LogP contribution in [0.4, 0.5) is 4.39 Å². The minimum absolute atomic E-state index is 0.239. The Morgan fingerprint density at radius 3 is 2.81 bits per heavy atom. The highest BCUT2D eigenvalue weighted by molar-refractivity contribution is 6.04. The summed E-state index contributed by atoms with van der Waals surface area (Å²) in [6.45, 7) is 0.270. The summed E-state index contributed by atoms with van der Waals surface area (Å²) in [7, 11) is 3.11. The molecule has 0 fully saturated rings. The number of nitrogens with one attached hydrogen (secondary N) is 1. The Morgan fingerprint density at radius 2 is 2.04 bits per heavy atom. The maximum absolute atomic E-state index is 13.5. The first-order valence-electron chi connectivity index (χ1n) is 7.98. The number of benzene rings is 2. The van der Waals surface area contributed by atoms with Crippen molar-refractivity contribution in [2.24, 2.45) is 0 Å². The van der Waals surface area contributed by atoms with Gasteiger partial charge in [0.2, 0.25) is 0 Å². The number of methoxy groups -OCH3 is 2.